The van der Waals surface area contributed by atoms with Crippen LogP contribution in [-0.2, 0) is 4.74 Å². The summed E-state index contributed by atoms with van der Waals surface area (Å²) >= 11 is 0. The number of nitriles is 1. The first-order chi connectivity index (χ1) is 21.9. The first-order valence-corrected chi connectivity index (χ1v) is 15.6. The number of rotatable bonds is 5. The zero-order chi connectivity index (χ0) is 32.9. The van der Waals surface area contributed by atoms with Crippen LogP contribution in [0.2, 0.25) is 0 Å². The van der Waals surface area contributed by atoms with Gasteiger partial charge in [0.05, 0.1) is 35.1 Å². The van der Waals surface area contributed by atoms with Gasteiger partial charge in [0, 0.05) is 49.8 Å². The van der Waals surface area contributed by atoms with E-state index in [4.69, 9.17) is 14.5 Å². The number of methoxy groups -OCH3 is 1. The van der Waals surface area contributed by atoms with E-state index in [2.05, 4.69) is 20.9 Å². The molecule has 2 aliphatic rings. The number of carbonyl (C=O) groups is 1. The minimum atomic E-state index is -0.566. The number of ether oxygens (including phenoxy) is 2. The molecule has 6 rings (SSSR count). The summed E-state index contributed by atoms with van der Waals surface area (Å²) in [6.45, 7) is 13.9. The Kier molecular flexibility index (Phi) is 7.92. The molecule has 4 aromatic rings. The Morgan fingerprint density at radius 2 is 1.76 bits per heavy atom. The Hall–Kier alpha value is -4.98. The van der Waals surface area contributed by atoms with E-state index < -0.39 is 11.3 Å². The number of pyridine rings is 2. The fourth-order valence-corrected chi connectivity index (χ4v) is 6.63. The Balaban J connectivity index is 1.52. The molecule has 0 saturated carbocycles. The second kappa shape index (κ2) is 11.7. The van der Waals surface area contributed by atoms with Crippen molar-refractivity contribution >= 4 is 22.9 Å². The number of carbonyl (C=O) groups excluding carboxylic acids is 1. The van der Waals surface area contributed by atoms with Crippen molar-refractivity contribution in [2.45, 2.75) is 53.1 Å². The van der Waals surface area contributed by atoms with E-state index >= 15 is 0 Å². The Morgan fingerprint density at radius 1 is 1.07 bits per heavy atom. The molecule has 46 heavy (non-hydrogen) atoms. The van der Waals surface area contributed by atoms with E-state index in [0.717, 1.165) is 11.3 Å². The summed E-state index contributed by atoms with van der Waals surface area (Å²) in [6.07, 6.45) is 1.44. The standard InChI is InChI=1S/C35H39N7O4/c1-20(2)28-30(21(3)12-13-37-28)42-32-26(14-22(15-36)29(38-32)25-10-8-9-11-27(25)45-7)31(39-33(42)43)40-16-23-18-41(19-24(23)17-40)34(44)46-35(4,5)6/h8-14,20,23-24H,16-19H2,1-7H3. The van der Waals surface area contributed by atoms with E-state index in [1.165, 1.54) is 4.57 Å². The van der Waals surface area contributed by atoms with Gasteiger partial charge in [-0.1, -0.05) is 26.0 Å². The zero-order valence-electron chi connectivity index (χ0n) is 27.4. The number of amides is 1. The van der Waals surface area contributed by atoms with Gasteiger partial charge in [-0.25, -0.2) is 19.1 Å². The van der Waals surface area contributed by atoms with Gasteiger partial charge in [-0.15, -0.1) is 0 Å². The largest absolute Gasteiger partial charge is 0.496 e. The first kappa shape index (κ1) is 31.0. The SMILES string of the molecule is COc1ccccc1-c1nc2c(cc1C#N)c(N1CC3CN(C(=O)OC(C)(C)C)CC3C1)nc(=O)n2-c1c(C)ccnc1C(C)C. The van der Waals surface area contributed by atoms with Crippen molar-refractivity contribution in [2.24, 2.45) is 11.8 Å². The highest BCUT2D eigenvalue weighted by atomic mass is 16.6. The summed E-state index contributed by atoms with van der Waals surface area (Å²) in [5.41, 5.74) is 3.00. The average molecular weight is 622 g/mol. The fourth-order valence-electron chi connectivity index (χ4n) is 6.63. The second-order valence-corrected chi connectivity index (χ2v) is 13.4. The maximum Gasteiger partial charge on any atom is 0.410 e. The highest BCUT2D eigenvalue weighted by Crippen LogP contribution is 2.39. The molecule has 3 aromatic heterocycles. The lowest BCUT2D eigenvalue weighted by Crippen LogP contribution is -2.38. The number of fused-ring (bicyclic) bond motifs is 2. The molecule has 0 bridgehead atoms. The molecule has 11 heteroatoms. The normalized spacial score (nSPS) is 17.8. The summed E-state index contributed by atoms with van der Waals surface area (Å²) in [7, 11) is 1.58. The highest BCUT2D eigenvalue weighted by Gasteiger charge is 2.43. The fraction of sp³-hybridized carbons (Fsp3) is 0.429. The van der Waals surface area contributed by atoms with Crippen LogP contribution >= 0.6 is 0 Å². The number of anilines is 1. The molecule has 0 radical (unpaired) electrons. The summed E-state index contributed by atoms with van der Waals surface area (Å²) in [6, 6.07) is 13.4. The lowest BCUT2D eigenvalue weighted by molar-refractivity contribution is 0.0282. The monoisotopic (exact) mass is 621 g/mol. The first-order valence-electron chi connectivity index (χ1n) is 15.6. The number of aryl methyl sites for hydroxylation is 1. The number of hydrogen-bond donors (Lipinski definition) is 0. The molecule has 2 atom stereocenters. The summed E-state index contributed by atoms with van der Waals surface area (Å²) in [5.74, 6) is 1.45. The van der Waals surface area contributed by atoms with Gasteiger partial charge in [0.15, 0.2) is 5.65 Å². The second-order valence-electron chi connectivity index (χ2n) is 13.4. The lowest BCUT2D eigenvalue weighted by atomic mass is 10.0. The van der Waals surface area contributed by atoms with Crippen LogP contribution < -0.4 is 15.3 Å². The molecule has 1 amide bonds. The number of likely N-dealkylation sites (tertiary alicyclic amines) is 1. The van der Waals surface area contributed by atoms with Crippen LogP contribution in [0.4, 0.5) is 10.6 Å². The number of hydrogen-bond acceptors (Lipinski definition) is 9. The van der Waals surface area contributed by atoms with Crippen LogP contribution in [-0.4, -0.2) is 69.4 Å². The molecule has 0 N–H and O–H groups in total. The molecule has 0 spiro atoms. The smallest absolute Gasteiger partial charge is 0.410 e. The lowest BCUT2D eigenvalue weighted by Gasteiger charge is -2.27. The predicted octanol–water partition coefficient (Wildman–Crippen LogP) is 5.46. The van der Waals surface area contributed by atoms with Gasteiger partial charge in [-0.3, -0.25) is 4.98 Å². The van der Waals surface area contributed by atoms with Gasteiger partial charge in [0.1, 0.15) is 23.2 Å². The minimum Gasteiger partial charge on any atom is -0.496 e. The molecule has 238 valence electrons. The maximum absolute atomic E-state index is 14.2. The molecule has 2 aliphatic heterocycles. The van der Waals surface area contributed by atoms with Crippen molar-refractivity contribution in [1.82, 2.24) is 24.4 Å². The number of aromatic nitrogens is 4. The molecule has 2 saturated heterocycles. The molecule has 11 nitrogen and oxygen atoms in total. The van der Waals surface area contributed by atoms with E-state index in [-0.39, 0.29) is 23.8 Å². The van der Waals surface area contributed by atoms with Crippen LogP contribution in [0.5, 0.6) is 5.75 Å². The van der Waals surface area contributed by atoms with Gasteiger partial charge in [-0.2, -0.15) is 10.2 Å². The quantitative estimate of drug-likeness (QED) is 0.286. The van der Waals surface area contributed by atoms with Crippen molar-refractivity contribution in [1.29, 1.82) is 5.26 Å². The third-order valence-electron chi connectivity index (χ3n) is 8.69. The molecular formula is C35H39N7O4. The predicted molar refractivity (Wildman–Crippen MR) is 175 cm³/mol. The summed E-state index contributed by atoms with van der Waals surface area (Å²) < 4.78 is 12.8. The van der Waals surface area contributed by atoms with E-state index in [9.17, 15) is 14.9 Å². The van der Waals surface area contributed by atoms with Gasteiger partial charge in [0.2, 0.25) is 0 Å². The molecule has 5 heterocycles. The van der Waals surface area contributed by atoms with E-state index in [1.807, 2.05) is 71.9 Å². The molecule has 0 aliphatic carbocycles. The van der Waals surface area contributed by atoms with Crippen molar-refractivity contribution in [3.8, 4) is 28.8 Å². The minimum absolute atomic E-state index is 0.0227. The van der Waals surface area contributed by atoms with Crippen molar-refractivity contribution in [2.75, 3.05) is 38.2 Å². The zero-order valence-corrected chi connectivity index (χ0v) is 27.4. The van der Waals surface area contributed by atoms with Gasteiger partial charge in [0.25, 0.3) is 0 Å². The molecule has 1 aromatic carbocycles. The third kappa shape index (κ3) is 5.53. The van der Waals surface area contributed by atoms with Crippen molar-refractivity contribution in [3.05, 3.63) is 69.9 Å². The number of benzene rings is 1. The van der Waals surface area contributed by atoms with Crippen LogP contribution in [0.25, 0.3) is 28.0 Å². The Labute approximate surface area is 268 Å². The Bertz CT molecular complexity index is 1920. The van der Waals surface area contributed by atoms with Gasteiger partial charge >= 0.3 is 11.8 Å². The van der Waals surface area contributed by atoms with E-state index in [1.54, 1.807) is 24.3 Å². The van der Waals surface area contributed by atoms with Crippen molar-refractivity contribution in [3.63, 3.8) is 0 Å². The highest BCUT2D eigenvalue weighted by molar-refractivity contribution is 5.92. The number of para-hydroxylation sites is 1. The van der Waals surface area contributed by atoms with Crippen molar-refractivity contribution < 1.29 is 14.3 Å². The molecule has 2 fully saturated rings. The van der Waals surface area contributed by atoms with Crippen LogP contribution in [0.3, 0.4) is 0 Å². The van der Waals surface area contributed by atoms with Gasteiger partial charge in [-0.05, 0) is 63.4 Å². The number of nitrogens with zero attached hydrogens (tertiary/aromatic N) is 7. The van der Waals surface area contributed by atoms with Crippen LogP contribution in [0, 0.1) is 30.1 Å². The summed E-state index contributed by atoms with van der Waals surface area (Å²) in [4.78, 5) is 45.2. The summed E-state index contributed by atoms with van der Waals surface area (Å²) in [5, 5.41) is 11.0. The maximum atomic E-state index is 14.2. The van der Waals surface area contributed by atoms with Crippen LogP contribution in [0.15, 0.2) is 47.4 Å². The molecular weight excluding hydrogens is 582 g/mol. The Morgan fingerprint density at radius 3 is 2.39 bits per heavy atom. The third-order valence-corrected chi connectivity index (χ3v) is 8.69. The molecule has 2 unspecified atom stereocenters. The van der Waals surface area contributed by atoms with Gasteiger partial charge < -0.3 is 19.3 Å². The van der Waals surface area contributed by atoms with Crippen LogP contribution in [0.1, 0.15) is 57.4 Å². The average Bonchev–Trinajstić information content (AvgIpc) is 3.59. The van der Waals surface area contributed by atoms with E-state index in [0.29, 0.717) is 71.3 Å². The topological polar surface area (TPSA) is 126 Å².